The number of imidazole rings is 3. The van der Waals surface area contributed by atoms with E-state index in [1.165, 1.54) is 0 Å². The van der Waals surface area contributed by atoms with E-state index in [4.69, 9.17) is 0 Å². The molecule has 11 heteroatoms. The molecule has 3 heterocycles. The van der Waals surface area contributed by atoms with Crippen LogP contribution >= 0.6 is 0 Å². The molecule has 3 N–H and O–H groups in total. The second-order valence-electron chi connectivity index (χ2n) is 5.93. The molecule has 0 saturated carbocycles. The number of nitrogens with one attached hydrogen (secondary N) is 3. The number of aromatic nitrogens is 6. The molecule has 0 atom stereocenters. The summed E-state index contributed by atoms with van der Waals surface area (Å²) in [5, 5.41) is 0. The fraction of sp³-hybridized carbons (Fsp3) is 0.333. The molecule has 29 heavy (non-hydrogen) atoms. The number of aromatic amines is 3. The van der Waals surface area contributed by atoms with Crippen molar-refractivity contribution in [1.29, 1.82) is 0 Å². The molecular formula is C18H24CoN10. The smallest absolute Gasteiger partial charge is 0.0985 e. The Kier molecular flexibility index (Phi) is 10.3. The van der Waals surface area contributed by atoms with E-state index < -0.39 is 0 Å². The first-order valence-electron chi connectivity index (χ1n) is 9.08. The van der Waals surface area contributed by atoms with Gasteiger partial charge >= 0.3 is 0 Å². The van der Waals surface area contributed by atoms with Crippen LogP contribution in [0.1, 0.15) is 17.1 Å². The van der Waals surface area contributed by atoms with Crippen LogP contribution in [0, 0.1) is 0 Å². The Bertz CT molecular complexity index is 723. The van der Waals surface area contributed by atoms with Gasteiger partial charge in [-0.3, -0.25) is 19.9 Å². The van der Waals surface area contributed by atoms with Gasteiger partial charge in [-0.05, 0) is 0 Å². The Morgan fingerprint density at radius 1 is 0.655 bits per heavy atom. The van der Waals surface area contributed by atoms with Crippen molar-refractivity contribution >= 4 is 18.6 Å². The number of H-pyrrole nitrogens is 3. The van der Waals surface area contributed by atoms with Crippen LogP contribution in [0.2, 0.25) is 0 Å². The summed E-state index contributed by atoms with van der Waals surface area (Å²) in [6, 6.07) is 0. The van der Waals surface area contributed by atoms with Crippen molar-refractivity contribution in [3.8, 4) is 0 Å². The van der Waals surface area contributed by atoms with E-state index in [2.05, 4.69) is 49.8 Å². The topological polar surface area (TPSA) is 126 Å². The van der Waals surface area contributed by atoms with Crippen LogP contribution < -0.4 is 0 Å². The molecule has 0 bridgehead atoms. The van der Waals surface area contributed by atoms with Gasteiger partial charge in [0.05, 0.1) is 55.7 Å². The quantitative estimate of drug-likeness (QED) is 0.361. The molecule has 3 aromatic rings. The Morgan fingerprint density at radius 3 is 1.28 bits per heavy atom. The normalized spacial score (nSPS) is 11.9. The molecule has 0 unspecified atom stereocenters. The van der Waals surface area contributed by atoms with Gasteiger partial charge in [-0.25, -0.2) is 15.0 Å². The van der Waals surface area contributed by atoms with Crippen LogP contribution in [0.25, 0.3) is 0 Å². The Labute approximate surface area is 179 Å². The van der Waals surface area contributed by atoms with E-state index >= 15 is 0 Å². The molecule has 0 aliphatic heterocycles. The van der Waals surface area contributed by atoms with Crippen LogP contribution in [0.5, 0.6) is 0 Å². The molecule has 155 valence electrons. The van der Waals surface area contributed by atoms with Crippen molar-refractivity contribution in [3.63, 3.8) is 0 Å². The average molecular weight is 439 g/mol. The summed E-state index contributed by atoms with van der Waals surface area (Å²) in [5.74, 6) is 0. The van der Waals surface area contributed by atoms with Gasteiger partial charge in [-0.2, -0.15) is 0 Å². The predicted molar refractivity (Wildman–Crippen MR) is 110 cm³/mol. The van der Waals surface area contributed by atoms with Crippen molar-refractivity contribution in [2.24, 2.45) is 15.0 Å². The van der Waals surface area contributed by atoms with Gasteiger partial charge in [-0.1, -0.05) is 0 Å². The van der Waals surface area contributed by atoms with Gasteiger partial charge in [0.15, 0.2) is 0 Å². The molecule has 0 fully saturated rings. The standard InChI is InChI=1S/C18H24N10.Co/c1(19-7-16-10-22-13-25-16)4-28(5-2-20-8-17-11-23-14-26-17)6-3-21-9-18-12-24-15-27-18;/h7-15H,1-6H2,(H,22,25)(H,23,26)(H,24,27);. The molecular weight excluding hydrogens is 415 g/mol. The summed E-state index contributed by atoms with van der Waals surface area (Å²) >= 11 is 0. The molecule has 0 aromatic carbocycles. The predicted octanol–water partition coefficient (Wildman–Crippen LogP) is 0.813. The van der Waals surface area contributed by atoms with E-state index in [9.17, 15) is 0 Å². The van der Waals surface area contributed by atoms with E-state index in [0.29, 0.717) is 19.6 Å². The van der Waals surface area contributed by atoms with Crippen molar-refractivity contribution in [2.75, 3.05) is 39.3 Å². The maximum atomic E-state index is 4.44. The molecule has 0 spiro atoms. The zero-order valence-corrected chi connectivity index (χ0v) is 16.9. The third kappa shape index (κ3) is 8.77. The average Bonchev–Trinajstić information content (AvgIpc) is 3.48. The third-order valence-corrected chi connectivity index (χ3v) is 3.86. The summed E-state index contributed by atoms with van der Waals surface area (Å²) in [5.41, 5.74) is 2.50. The minimum atomic E-state index is 0. The summed E-state index contributed by atoms with van der Waals surface area (Å²) < 4.78 is 0. The number of hydrogen-bond donors (Lipinski definition) is 3. The molecule has 10 nitrogen and oxygen atoms in total. The molecule has 0 amide bonds. The molecule has 0 aliphatic rings. The van der Waals surface area contributed by atoms with Crippen molar-refractivity contribution < 1.29 is 16.8 Å². The maximum Gasteiger partial charge on any atom is 0.0985 e. The first kappa shape index (κ1) is 22.4. The van der Waals surface area contributed by atoms with Gasteiger partial charge in [-0.15, -0.1) is 0 Å². The van der Waals surface area contributed by atoms with Crippen molar-refractivity contribution in [3.05, 3.63) is 54.7 Å². The van der Waals surface area contributed by atoms with Crippen LogP contribution in [0.4, 0.5) is 0 Å². The van der Waals surface area contributed by atoms with Crippen LogP contribution in [0.3, 0.4) is 0 Å². The summed E-state index contributed by atoms with van der Waals surface area (Å²) in [6.07, 6.45) is 15.7. The van der Waals surface area contributed by atoms with E-state index in [0.717, 1.165) is 36.7 Å². The molecule has 0 saturated heterocycles. The fourth-order valence-corrected chi connectivity index (χ4v) is 2.43. The largest absolute Gasteiger partial charge is 0.351 e. The van der Waals surface area contributed by atoms with Crippen LogP contribution in [-0.2, 0) is 16.8 Å². The number of aliphatic imine (C=N–C) groups is 3. The van der Waals surface area contributed by atoms with Gasteiger partial charge in [0, 0.05) is 73.6 Å². The van der Waals surface area contributed by atoms with Gasteiger partial charge in [0.25, 0.3) is 0 Å². The number of nitrogens with zero attached hydrogens (tertiary/aromatic N) is 7. The van der Waals surface area contributed by atoms with E-state index in [1.54, 1.807) is 37.6 Å². The van der Waals surface area contributed by atoms with E-state index in [1.807, 2.05) is 18.6 Å². The van der Waals surface area contributed by atoms with Gasteiger partial charge in [0.1, 0.15) is 0 Å². The van der Waals surface area contributed by atoms with Crippen molar-refractivity contribution in [1.82, 2.24) is 34.8 Å². The number of hydrogen-bond acceptors (Lipinski definition) is 7. The van der Waals surface area contributed by atoms with Gasteiger partial charge < -0.3 is 15.0 Å². The first-order chi connectivity index (χ1) is 13.9. The summed E-state index contributed by atoms with van der Waals surface area (Å²) in [6.45, 7) is 4.57. The van der Waals surface area contributed by atoms with Gasteiger partial charge in [0.2, 0.25) is 0 Å². The Hall–Kier alpha value is -2.89. The second kappa shape index (κ2) is 13.3. The van der Waals surface area contributed by atoms with Crippen molar-refractivity contribution in [2.45, 2.75) is 0 Å². The van der Waals surface area contributed by atoms with E-state index in [-0.39, 0.29) is 16.8 Å². The fourth-order valence-electron chi connectivity index (χ4n) is 2.43. The van der Waals surface area contributed by atoms with Crippen LogP contribution in [0.15, 0.2) is 52.5 Å². The molecule has 3 aromatic heterocycles. The molecule has 1 radical (unpaired) electrons. The zero-order chi connectivity index (χ0) is 19.3. The SMILES string of the molecule is C(=NCCN(CCN=Cc1c[nH]cn1)CCN=Cc1c[nH]cn1)c1c[nH]cn1.[Co]. The Balaban J connectivity index is 0.00000300. The molecule has 3 rings (SSSR count). The van der Waals surface area contributed by atoms with Crippen LogP contribution in [-0.4, -0.2) is 92.7 Å². The monoisotopic (exact) mass is 439 g/mol. The first-order valence-corrected chi connectivity index (χ1v) is 9.08. The minimum absolute atomic E-state index is 0. The second-order valence-corrected chi connectivity index (χ2v) is 5.93. The molecule has 0 aliphatic carbocycles. The zero-order valence-electron chi connectivity index (χ0n) is 15.9. The minimum Gasteiger partial charge on any atom is -0.351 e. The summed E-state index contributed by atoms with van der Waals surface area (Å²) in [4.78, 5) is 36.7. The third-order valence-electron chi connectivity index (χ3n) is 3.86. The summed E-state index contributed by atoms with van der Waals surface area (Å²) in [7, 11) is 0. The Morgan fingerprint density at radius 2 is 1.00 bits per heavy atom. The maximum absolute atomic E-state index is 4.44. The number of rotatable bonds is 12.